The van der Waals surface area contributed by atoms with Crippen LogP contribution in [0.5, 0.6) is 0 Å². The van der Waals surface area contributed by atoms with Gasteiger partial charge in [-0.2, -0.15) is 0 Å². The number of furan rings is 1. The number of benzene rings is 6. The summed E-state index contributed by atoms with van der Waals surface area (Å²) in [6.07, 6.45) is 0. The molecule has 0 saturated carbocycles. The number of aromatic nitrogens is 3. The maximum Gasteiger partial charge on any atom is 0.164 e. The van der Waals surface area contributed by atoms with Crippen LogP contribution in [0.25, 0.3) is 78.0 Å². The van der Waals surface area contributed by atoms with Crippen molar-refractivity contribution < 1.29 is 4.42 Å². The topological polar surface area (TPSA) is 51.8 Å². The zero-order chi connectivity index (χ0) is 27.2. The Bertz CT molecular complexity index is 2140. The van der Waals surface area contributed by atoms with Crippen LogP contribution in [0.4, 0.5) is 0 Å². The molecular weight excluding hydrogens is 502 g/mol. The van der Waals surface area contributed by atoms with Crippen LogP contribution in [-0.2, 0) is 0 Å². The Hall–Kier alpha value is -5.61. The summed E-state index contributed by atoms with van der Waals surface area (Å²) in [5.41, 5.74) is 6.63. The molecule has 0 amide bonds. The summed E-state index contributed by atoms with van der Waals surface area (Å²) in [5, 5.41) is 4.54. The first-order valence-corrected chi connectivity index (χ1v) is 13.6. The predicted octanol–water partition coefficient (Wildman–Crippen LogP) is 9.59. The molecule has 0 fully saturated rings. The zero-order valence-corrected chi connectivity index (χ0v) is 22.0. The molecule has 0 unspecified atom stereocenters. The Morgan fingerprint density at radius 2 is 0.951 bits per heavy atom. The van der Waals surface area contributed by atoms with Gasteiger partial charge in [0.05, 0.1) is 0 Å². The van der Waals surface area contributed by atoms with Crippen molar-refractivity contribution in [1.29, 1.82) is 0 Å². The summed E-state index contributed by atoms with van der Waals surface area (Å²) < 4.78 is 6.45. The van der Waals surface area contributed by atoms with E-state index in [-0.39, 0.29) is 0 Å². The van der Waals surface area contributed by atoms with E-state index in [2.05, 4.69) is 66.7 Å². The van der Waals surface area contributed by atoms with E-state index in [4.69, 9.17) is 19.4 Å². The van der Waals surface area contributed by atoms with Gasteiger partial charge in [-0.1, -0.05) is 121 Å². The molecule has 0 saturated heterocycles. The van der Waals surface area contributed by atoms with E-state index < -0.39 is 0 Å². The van der Waals surface area contributed by atoms with Crippen LogP contribution in [0.1, 0.15) is 0 Å². The minimum absolute atomic E-state index is 0.599. The standard InChI is InChI=1S/C37H23N3O/c1-3-13-25(14-4-1)35-38-36(26-15-5-2-6-16-26)40-37(39-35)27-22-31(29-20-11-17-24-12-7-8-18-28(24)29)34-30-19-9-10-21-32(30)41-33(34)23-27/h1-23H. The van der Waals surface area contributed by atoms with Gasteiger partial charge in [0, 0.05) is 27.5 Å². The van der Waals surface area contributed by atoms with Crippen LogP contribution < -0.4 is 0 Å². The van der Waals surface area contributed by atoms with Gasteiger partial charge in [0.25, 0.3) is 0 Å². The third-order valence-electron chi connectivity index (χ3n) is 7.52. The second-order valence-corrected chi connectivity index (χ2v) is 10.1. The number of para-hydroxylation sites is 1. The maximum atomic E-state index is 6.45. The fourth-order valence-corrected chi connectivity index (χ4v) is 5.59. The molecule has 0 radical (unpaired) electrons. The molecule has 8 rings (SSSR count). The van der Waals surface area contributed by atoms with Crippen LogP contribution in [0.15, 0.2) is 144 Å². The van der Waals surface area contributed by atoms with E-state index >= 15 is 0 Å². The third kappa shape index (κ3) is 4.05. The van der Waals surface area contributed by atoms with E-state index in [1.54, 1.807) is 0 Å². The molecule has 0 N–H and O–H groups in total. The number of hydrogen-bond acceptors (Lipinski definition) is 4. The summed E-state index contributed by atoms with van der Waals surface area (Å²) in [6, 6.07) is 47.5. The van der Waals surface area contributed by atoms with E-state index in [0.29, 0.717) is 17.5 Å². The maximum absolute atomic E-state index is 6.45. The van der Waals surface area contributed by atoms with E-state index in [9.17, 15) is 0 Å². The molecule has 4 heteroatoms. The van der Waals surface area contributed by atoms with Gasteiger partial charge in [0.15, 0.2) is 17.5 Å². The molecule has 0 atom stereocenters. The van der Waals surface area contributed by atoms with Crippen LogP contribution in [0, 0.1) is 0 Å². The van der Waals surface area contributed by atoms with Crippen molar-refractivity contribution in [3.63, 3.8) is 0 Å². The SMILES string of the molecule is c1ccc(-c2nc(-c3ccccc3)nc(-c3cc(-c4cccc5ccccc45)c4c(c3)oc3ccccc34)n2)cc1. The first kappa shape index (κ1) is 23.3. The minimum Gasteiger partial charge on any atom is -0.456 e. The van der Waals surface area contributed by atoms with E-state index in [1.165, 1.54) is 10.8 Å². The van der Waals surface area contributed by atoms with Gasteiger partial charge in [0.1, 0.15) is 11.2 Å². The van der Waals surface area contributed by atoms with Crippen molar-refractivity contribution in [2.75, 3.05) is 0 Å². The summed E-state index contributed by atoms with van der Waals surface area (Å²) in [7, 11) is 0. The fourth-order valence-electron chi connectivity index (χ4n) is 5.59. The molecule has 6 aromatic carbocycles. The highest BCUT2D eigenvalue weighted by Crippen LogP contribution is 2.41. The van der Waals surface area contributed by atoms with Gasteiger partial charge in [-0.15, -0.1) is 0 Å². The highest BCUT2D eigenvalue weighted by atomic mass is 16.3. The fraction of sp³-hybridized carbons (Fsp3) is 0. The normalized spacial score (nSPS) is 11.4. The monoisotopic (exact) mass is 525 g/mol. The van der Waals surface area contributed by atoms with E-state index in [1.807, 2.05) is 72.8 Å². The molecule has 0 spiro atoms. The van der Waals surface area contributed by atoms with Gasteiger partial charge in [-0.05, 0) is 40.1 Å². The van der Waals surface area contributed by atoms with Crippen molar-refractivity contribution in [2.45, 2.75) is 0 Å². The van der Waals surface area contributed by atoms with E-state index in [0.717, 1.165) is 49.8 Å². The van der Waals surface area contributed by atoms with Crippen molar-refractivity contribution in [2.24, 2.45) is 0 Å². The molecule has 2 aromatic heterocycles. The van der Waals surface area contributed by atoms with Gasteiger partial charge >= 0.3 is 0 Å². The largest absolute Gasteiger partial charge is 0.456 e. The molecule has 4 nitrogen and oxygen atoms in total. The highest BCUT2D eigenvalue weighted by Gasteiger charge is 2.19. The quantitative estimate of drug-likeness (QED) is 0.230. The summed E-state index contributed by atoms with van der Waals surface area (Å²) in [5.74, 6) is 1.86. The predicted molar refractivity (Wildman–Crippen MR) is 166 cm³/mol. The lowest BCUT2D eigenvalue weighted by Gasteiger charge is -2.12. The Balaban J connectivity index is 1.44. The molecule has 2 heterocycles. The van der Waals surface area contributed by atoms with Gasteiger partial charge in [0.2, 0.25) is 0 Å². The molecule has 41 heavy (non-hydrogen) atoms. The van der Waals surface area contributed by atoms with Crippen LogP contribution in [0.3, 0.4) is 0 Å². The lowest BCUT2D eigenvalue weighted by molar-refractivity contribution is 0.669. The Kier molecular flexibility index (Phi) is 5.42. The molecule has 0 aliphatic rings. The number of rotatable bonds is 4. The second kappa shape index (κ2) is 9.54. The van der Waals surface area contributed by atoms with Crippen LogP contribution in [-0.4, -0.2) is 15.0 Å². The average Bonchev–Trinajstić information content (AvgIpc) is 3.43. The lowest BCUT2D eigenvalue weighted by atomic mass is 9.93. The zero-order valence-electron chi connectivity index (χ0n) is 22.0. The van der Waals surface area contributed by atoms with Crippen molar-refractivity contribution in [3.8, 4) is 45.3 Å². The molecular formula is C37H23N3O. The summed E-state index contributed by atoms with van der Waals surface area (Å²) in [4.78, 5) is 14.9. The molecule has 0 aliphatic heterocycles. The van der Waals surface area contributed by atoms with Crippen molar-refractivity contribution >= 4 is 32.7 Å². The second-order valence-electron chi connectivity index (χ2n) is 10.1. The summed E-state index contributed by atoms with van der Waals surface area (Å²) in [6.45, 7) is 0. The van der Waals surface area contributed by atoms with Crippen LogP contribution >= 0.6 is 0 Å². The van der Waals surface area contributed by atoms with Crippen molar-refractivity contribution in [3.05, 3.63) is 140 Å². The summed E-state index contributed by atoms with van der Waals surface area (Å²) >= 11 is 0. The Morgan fingerprint density at radius 1 is 0.390 bits per heavy atom. The smallest absolute Gasteiger partial charge is 0.164 e. The molecule has 8 aromatic rings. The van der Waals surface area contributed by atoms with Gasteiger partial charge < -0.3 is 4.42 Å². The number of fused-ring (bicyclic) bond motifs is 4. The van der Waals surface area contributed by atoms with Crippen LogP contribution in [0.2, 0.25) is 0 Å². The van der Waals surface area contributed by atoms with Gasteiger partial charge in [-0.25, -0.2) is 15.0 Å². The molecule has 0 aliphatic carbocycles. The molecule has 192 valence electrons. The van der Waals surface area contributed by atoms with Gasteiger partial charge in [-0.3, -0.25) is 0 Å². The highest BCUT2D eigenvalue weighted by molar-refractivity contribution is 6.16. The number of nitrogens with zero attached hydrogens (tertiary/aromatic N) is 3. The average molecular weight is 526 g/mol. The van der Waals surface area contributed by atoms with Crippen molar-refractivity contribution in [1.82, 2.24) is 15.0 Å². The lowest BCUT2D eigenvalue weighted by Crippen LogP contribution is -2.00. The minimum atomic E-state index is 0.599. The first-order valence-electron chi connectivity index (χ1n) is 13.6. The first-order chi connectivity index (χ1) is 20.3. The Labute approximate surface area is 236 Å². The number of hydrogen-bond donors (Lipinski definition) is 0. The third-order valence-corrected chi connectivity index (χ3v) is 7.52. The molecule has 0 bridgehead atoms. The Morgan fingerprint density at radius 3 is 1.66 bits per heavy atom.